The average Bonchev–Trinajstić information content (AvgIpc) is 2.80. The van der Waals surface area contributed by atoms with Crippen molar-refractivity contribution in [3.63, 3.8) is 0 Å². The lowest BCUT2D eigenvalue weighted by atomic mass is 9.86. The Morgan fingerprint density at radius 2 is 2.00 bits per heavy atom. The van der Waals surface area contributed by atoms with Gasteiger partial charge in [-0.2, -0.15) is 4.98 Å². The molecule has 32 heavy (non-hydrogen) atoms. The summed E-state index contributed by atoms with van der Waals surface area (Å²) in [4.78, 5) is 29.5. The standard InChI is InChI=1S/C23H22ClN3O4S/c1-27-21-20(22(29)26-23(27)32-3)15(11-19(28)25-21)13-8-9-17(18(10-13)30-2)31-12-14-6-4-5-7-16(14)24/h4-10,15H,11-12H2,1-3H3,(H,25,28). The molecule has 0 aliphatic carbocycles. The van der Waals surface area contributed by atoms with Crippen LogP contribution in [0.3, 0.4) is 0 Å². The maximum Gasteiger partial charge on any atom is 0.279 e. The molecule has 2 aromatic carbocycles. The van der Waals surface area contributed by atoms with Gasteiger partial charge in [-0.3, -0.25) is 9.59 Å². The Labute approximate surface area is 194 Å². The zero-order valence-corrected chi connectivity index (χ0v) is 19.4. The highest BCUT2D eigenvalue weighted by Gasteiger charge is 2.32. The zero-order chi connectivity index (χ0) is 22.8. The molecule has 3 aromatic rings. The van der Waals surface area contributed by atoms with E-state index in [-0.39, 0.29) is 24.5 Å². The first-order chi connectivity index (χ1) is 15.4. The summed E-state index contributed by atoms with van der Waals surface area (Å²) in [5.41, 5.74) is 1.76. The zero-order valence-electron chi connectivity index (χ0n) is 17.8. The first-order valence-electron chi connectivity index (χ1n) is 9.91. The second-order valence-corrected chi connectivity index (χ2v) is 8.50. The fourth-order valence-corrected chi connectivity index (χ4v) is 4.52. The Balaban J connectivity index is 1.69. The van der Waals surface area contributed by atoms with Crippen LogP contribution in [0.4, 0.5) is 5.82 Å². The summed E-state index contributed by atoms with van der Waals surface area (Å²) >= 11 is 7.56. The van der Waals surface area contributed by atoms with Crippen LogP contribution in [0.1, 0.15) is 29.0 Å². The number of carbonyl (C=O) groups is 1. The number of amides is 1. The summed E-state index contributed by atoms with van der Waals surface area (Å²) in [6.07, 6.45) is 1.98. The van der Waals surface area contributed by atoms with Crippen molar-refractivity contribution in [1.82, 2.24) is 9.55 Å². The Bertz CT molecular complexity index is 1240. The molecule has 0 saturated heterocycles. The molecular weight excluding hydrogens is 450 g/mol. The van der Waals surface area contributed by atoms with Crippen molar-refractivity contribution in [2.45, 2.75) is 24.1 Å². The molecule has 1 aliphatic rings. The number of anilines is 1. The van der Waals surface area contributed by atoms with Gasteiger partial charge in [-0.25, -0.2) is 0 Å². The first kappa shape index (κ1) is 22.2. The third-order valence-electron chi connectivity index (χ3n) is 5.41. The largest absolute Gasteiger partial charge is 0.493 e. The number of hydrogen-bond donors (Lipinski definition) is 1. The lowest BCUT2D eigenvalue weighted by Gasteiger charge is -2.27. The van der Waals surface area contributed by atoms with Gasteiger partial charge in [-0.1, -0.05) is 47.6 Å². The molecule has 0 spiro atoms. The van der Waals surface area contributed by atoms with Crippen LogP contribution in [0, 0.1) is 0 Å². The smallest absolute Gasteiger partial charge is 0.279 e. The van der Waals surface area contributed by atoms with Crippen molar-refractivity contribution in [1.29, 1.82) is 0 Å². The number of aromatic nitrogens is 2. The molecule has 0 fully saturated rings. The number of thioether (sulfide) groups is 1. The van der Waals surface area contributed by atoms with Gasteiger partial charge in [0, 0.05) is 30.0 Å². The van der Waals surface area contributed by atoms with Crippen molar-refractivity contribution in [2.24, 2.45) is 7.05 Å². The Kier molecular flexibility index (Phi) is 6.43. The molecule has 2 heterocycles. The normalized spacial score (nSPS) is 15.1. The van der Waals surface area contributed by atoms with Gasteiger partial charge < -0.3 is 19.4 Å². The third-order valence-corrected chi connectivity index (χ3v) is 6.51. The van der Waals surface area contributed by atoms with Crippen molar-refractivity contribution in [2.75, 3.05) is 18.7 Å². The number of benzene rings is 2. The fourth-order valence-electron chi connectivity index (χ4n) is 3.79. The van der Waals surface area contributed by atoms with Crippen molar-refractivity contribution in [3.8, 4) is 11.5 Å². The van der Waals surface area contributed by atoms with E-state index in [0.717, 1.165) is 11.1 Å². The van der Waals surface area contributed by atoms with E-state index in [4.69, 9.17) is 21.1 Å². The molecule has 0 radical (unpaired) electrons. The van der Waals surface area contributed by atoms with Crippen LogP contribution in [0.2, 0.25) is 5.02 Å². The van der Waals surface area contributed by atoms with Gasteiger partial charge in [0.1, 0.15) is 12.4 Å². The summed E-state index contributed by atoms with van der Waals surface area (Å²) in [5, 5.41) is 3.99. The number of fused-ring (bicyclic) bond motifs is 1. The molecule has 1 aliphatic heterocycles. The molecule has 1 atom stereocenters. The van der Waals surface area contributed by atoms with E-state index in [9.17, 15) is 9.59 Å². The predicted molar refractivity (Wildman–Crippen MR) is 125 cm³/mol. The summed E-state index contributed by atoms with van der Waals surface area (Å²) < 4.78 is 13.2. The highest BCUT2D eigenvalue weighted by Crippen LogP contribution is 2.39. The highest BCUT2D eigenvalue weighted by atomic mass is 35.5. The maximum absolute atomic E-state index is 12.8. The van der Waals surface area contributed by atoms with Gasteiger partial charge in [0.25, 0.3) is 5.56 Å². The van der Waals surface area contributed by atoms with Crippen LogP contribution >= 0.6 is 23.4 Å². The minimum Gasteiger partial charge on any atom is -0.493 e. The quantitative estimate of drug-likeness (QED) is 0.428. The predicted octanol–water partition coefficient (Wildman–Crippen LogP) is 4.22. The van der Waals surface area contributed by atoms with Gasteiger partial charge in [-0.15, -0.1) is 0 Å². The number of nitrogens with zero attached hydrogens (tertiary/aromatic N) is 2. The highest BCUT2D eigenvalue weighted by molar-refractivity contribution is 7.98. The molecule has 9 heteroatoms. The summed E-state index contributed by atoms with van der Waals surface area (Å²) in [5.74, 6) is 0.933. The van der Waals surface area contributed by atoms with Crippen LogP contribution in [-0.4, -0.2) is 28.8 Å². The molecule has 1 amide bonds. The SMILES string of the molecule is COc1cc(C2CC(=O)Nc3c2c(=O)nc(SC)n3C)ccc1OCc1ccccc1Cl. The van der Waals surface area contributed by atoms with Crippen LogP contribution < -0.4 is 20.3 Å². The van der Waals surface area contributed by atoms with Gasteiger partial charge >= 0.3 is 0 Å². The number of carbonyl (C=O) groups excluding carboxylic acids is 1. The van der Waals surface area contributed by atoms with Crippen LogP contribution in [0.25, 0.3) is 0 Å². The summed E-state index contributed by atoms with van der Waals surface area (Å²) in [7, 11) is 3.33. The topological polar surface area (TPSA) is 82.5 Å². The molecule has 0 bridgehead atoms. The van der Waals surface area contributed by atoms with Crippen molar-refractivity contribution < 1.29 is 14.3 Å². The van der Waals surface area contributed by atoms with Gasteiger partial charge in [-0.05, 0) is 30.0 Å². The van der Waals surface area contributed by atoms with Crippen LogP contribution in [0.5, 0.6) is 11.5 Å². The Morgan fingerprint density at radius 1 is 1.22 bits per heavy atom. The minimum absolute atomic E-state index is 0.144. The van der Waals surface area contributed by atoms with E-state index in [1.54, 1.807) is 30.9 Å². The minimum atomic E-state index is -0.438. The van der Waals surface area contributed by atoms with E-state index >= 15 is 0 Å². The molecule has 1 N–H and O–H groups in total. The number of rotatable bonds is 6. The number of methoxy groups -OCH3 is 1. The molecule has 0 saturated carbocycles. The molecule has 7 nitrogen and oxygen atoms in total. The lowest BCUT2D eigenvalue weighted by molar-refractivity contribution is -0.116. The van der Waals surface area contributed by atoms with Crippen molar-refractivity contribution >= 4 is 35.1 Å². The second kappa shape index (κ2) is 9.26. The molecule has 166 valence electrons. The van der Waals surface area contributed by atoms with Crippen LogP contribution in [-0.2, 0) is 18.4 Å². The first-order valence-corrected chi connectivity index (χ1v) is 11.5. The Hall–Kier alpha value is -2.97. The van der Waals surface area contributed by atoms with Gasteiger partial charge in [0.15, 0.2) is 16.7 Å². The van der Waals surface area contributed by atoms with Crippen LogP contribution in [0.15, 0.2) is 52.4 Å². The van der Waals surface area contributed by atoms with Crippen molar-refractivity contribution in [3.05, 3.63) is 74.5 Å². The summed E-state index contributed by atoms with van der Waals surface area (Å²) in [6, 6.07) is 12.9. The number of hydrogen-bond acceptors (Lipinski definition) is 6. The third kappa shape index (κ3) is 4.20. The number of nitrogens with one attached hydrogen (secondary N) is 1. The molecule has 1 unspecified atom stereocenters. The maximum atomic E-state index is 12.8. The van der Waals surface area contributed by atoms with E-state index in [1.165, 1.54) is 11.8 Å². The monoisotopic (exact) mass is 471 g/mol. The Morgan fingerprint density at radius 3 is 2.72 bits per heavy atom. The number of ether oxygens (including phenoxy) is 2. The van der Waals surface area contributed by atoms with E-state index in [0.29, 0.717) is 33.1 Å². The average molecular weight is 472 g/mol. The fraction of sp³-hybridized carbons (Fsp3) is 0.261. The molecule has 4 rings (SSSR count). The number of halogens is 1. The second-order valence-electron chi connectivity index (χ2n) is 7.32. The van der Waals surface area contributed by atoms with E-state index in [2.05, 4.69) is 10.3 Å². The molecule has 1 aromatic heterocycles. The lowest BCUT2D eigenvalue weighted by Crippen LogP contribution is -2.33. The summed E-state index contributed by atoms with van der Waals surface area (Å²) in [6.45, 7) is 0.284. The van der Waals surface area contributed by atoms with E-state index in [1.807, 2.05) is 36.6 Å². The van der Waals surface area contributed by atoms with Gasteiger partial charge in [0.05, 0.1) is 12.7 Å². The molecular formula is C23H22ClN3O4S. The van der Waals surface area contributed by atoms with Gasteiger partial charge in [0.2, 0.25) is 5.91 Å². The van der Waals surface area contributed by atoms with E-state index < -0.39 is 5.92 Å².